The van der Waals surface area contributed by atoms with Crippen molar-refractivity contribution in [3.05, 3.63) is 12.4 Å². The minimum atomic E-state index is -3.50. The largest absolute Gasteiger partial charge is 0.393 e. The molecule has 0 saturated carbocycles. The second-order valence-electron chi connectivity index (χ2n) is 5.20. The Kier molecular flexibility index (Phi) is 4.27. The number of rotatable bonds is 4. The van der Waals surface area contributed by atoms with E-state index < -0.39 is 16.1 Å². The maximum absolute atomic E-state index is 12.6. The predicted octanol–water partition coefficient (Wildman–Crippen LogP) is 0.734. The normalized spacial score (nSPS) is 23.4. The van der Waals surface area contributed by atoms with Crippen LogP contribution in [0, 0.1) is 0 Å². The van der Waals surface area contributed by atoms with Gasteiger partial charge in [-0.05, 0) is 26.2 Å². The molecule has 108 valence electrons. The Balaban J connectivity index is 2.26. The molecule has 1 aliphatic heterocycles. The van der Waals surface area contributed by atoms with Gasteiger partial charge in [-0.25, -0.2) is 8.42 Å². The number of sulfonamides is 1. The first-order chi connectivity index (χ1) is 8.91. The standard InChI is InChI=1S/C12H21N3O3S/c1-10(16)7-11-5-3-4-6-15(11)19(17,18)12-8-13-14(2)9-12/h8-11,16H,3-7H2,1-2H3. The van der Waals surface area contributed by atoms with Gasteiger partial charge in [0, 0.05) is 25.8 Å². The van der Waals surface area contributed by atoms with Gasteiger partial charge in [-0.2, -0.15) is 9.40 Å². The molecule has 1 aromatic rings. The number of aliphatic hydroxyl groups excluding tert-OH is 1. The predicted molar refractivity (Wildman–Crippen MR) is 71.0 cm³/mol. The van der Waals surface area contributed by atoms with Crippen LogP contribution in [-0.2, 0) is 17.1 Å². The molecular formula is C12H21N3O3S. The van der Waals surface area contributed by atoms with E-state index in [0.29, 0.717) is 13.0 Å². The molecule has 2 heterocycles. The van der Waals surface area contributed by atoms with Crippen molar-refractivity contribution < 1.29 is 13.5 Å². The number of hydrogen-bond acceptors (Lipinski definition) is 4. The fourth-order valence-electron chi connectivity index (χ4n) is 2.59. The molecule has 1 N–H and O–H groups in total. The molecular weight excluding hydrogens is 266 g/mol. The summed E-state index contributed by atoms with van der Waals surface area (Å²) in [6.45, 7) is 2.22. The Morgan fingerprint density at radius 1 is 1.53 bits per heavy atom. The van der Waals surface area contributed by atoms with Gasteiger partial charge in [0.15, 0.2) is 0 Å². The lowest BCUT2D eigenvalue weighted by molar-refractivity contribution is 0.131. The number of nitrogens with zero attached hydrogens (tertiary/aromatic N) is 3. The van der Waals surface area contributed by atoms with E-state index in [0.717, 1.165) is 19.3 Å². The van der Waals surface area contributed by atoms with Crippen molar-refractivity contribution in [3.8, 4) is 0 Å². The van der Waals surface area contributed by atoms with Gasteiger partial charge in [-0.3, -0.25) is 4.68 Å². The quantitative estimate of drug-likeness (QED) is 0.886. The van der Waals surface area contributed by atoms with Crippen molar-refractivity contribution in [2.45, 2.75) is 49.6 Å². The smallest absolute Gasteiger partial charge is 0.246 e. The molecule has 0 amide bonds. The van der Waals surface area contributed by atoms with Crippen molar-refractivity contribution in [2.75, 3.05) is 6.54 Å². The highest BCUT2D eigenvalue weighted by molar-refractivity contribution is 7.89. The lowest BCUT2D eigenvalue weighted by Crippen LogP contribution is -2.44. The summed E-state index contributed by atoms with van der Waals surface area (Å²) in [5.41, 5.74) is 0. The summed E-state index contributed by atoms with van der Waals surface area (Å²) in [6, 6.07) is -0.112. The Labute approximate surface area is 114 Å². The highest BCUT2D eigenvalue weighted by Gasteiger charge is 2.34. The molecule has 0 bridgehead atoms. The first-order valence-corrected chi connectivity index (χ1v) is 8.04. The van der Waals surface area contributed by atoms with Crippen molar-refractivity contribution in [2.24, 2.45) is 7.05 Å². The molecule has 7 heteroatoms. The minimum absolute atomic E-state index is 0.112. The van der Waals surface area contributed by atoms with Crippen molar-refractivity contribution in [1.82, 2.24) is 14.1 Å². The summed E-state index contributed by atoms with van der Waals surface area (Å²) >= 11 is 0. The van der Waals surface area contributed by atoms with E-state index in [2.05, 4.69) is 5.10 Å². The van der Waals surface area contributed by atoms with Gasteiger partial charge >= 0.3 is 0 Å². The molecule has 1 saturated heterocycles. The number of aliphatic hydroxyl groups is 1. The van der Waals surface area contributed by atoms with E-state index >= 15 is 0 Å². The Hall–Kier alpha value is -0.920. The molecule has 1 fully saturated rings. The third-order valence-electron chi connectivity index (χ3n) is 3.47. The second kappa shape index (κ2) is 5.60. The molecule has 1 aromatic heterocycles. The Morgan fingerprint density at radius 2 is 2.26 bits per heavy atom. The molecule has 6 nitrogen and oxygen atoms in total. The number of piperidine rings is 1. The summed E-state index contributed by atoms with van der Waals surface area (Å²) in [5, 5.41) is 13.5. The maximum atomic E-state index is 12.6. The van der Waals surface area contributed by atoms with Crippen LogP contribution in [0.3, 0.4) is 0 Å². The van der Waals surface area contributed by atoms with Gasteiger partial charge in [0.1, 0.15) is 4.90 Å². The van der Waals surface area contributed by atoms with Crippen LogP contribution in [0.4, 0.5) is 0 Å². The zero-order chi connectivity index (χ0) is 14.0. The van der Waals surface area contributed by atoms with Crippen LogP contribution < -0.4 is 0 Å². The first kappa shape index (κ1) is 14.5. The lowest BCUT2D eigenvalue weighted by Gasteiger charge is -2.35. The van der Waals surface area contributed by atoms with Gasteiger partial charge in [-0.1, -0.05) is 6.42 Å². The fourth-order valence-corrected chi connectivity index (χ4v) is 4.28. The highest BCUT2D eigenvalue weighted by atomic mass is 32.2. The van der Waals surface area contributed by atoms with Crippen LogP contribution in [0.1, 0.15) is 32.6 Å². The second-order valence-corrected chi connectivity index (χ2v) is 7.09. The molecule has 1 aliphatic rings. The third kappa shape index (κ3) is 3.16. The average molecular weight is 287 g/mol. The van der Waals surface area contributed by atoms with E-state index in [1.165, 1.54) is 21.4 Å². The van der Waals surface area contributed by atoms with Gasteiger partial charge < -0.3 is 5.11 Å². The molecule has 0 aliphatic carbocycles. The molecule has 2 unspecified atom stereocenters. The van der Waals surface area contributed by atoms with Crippen LogP contribution in [0.2, 0.25) is 0 Å². The molecule has 2 rings (SSSR count). The summed E-state index contributed by atoms with van der Waals surface area (Å²) in [6.07, 6.45) is 5.58. The molecule has 19 heavy (non-hydrogen) atoms. The van der Waals surface area contributed by atoms with Crippen molar-refractivity contribution >= 4 is 10.0 Å². The van der Waals surface area contributed by atoms with Gasteiger partial charge in [0.05, 0.1) is 12.3 Å². The third-order valence-corrected chi connectivity index (χ3v) is 5.38. The summed E-state index contributed by atoms with van der Waals surface area (Å²) in [4.78, 5) is 0.229. The monoisotopic (exact) mass is 287 g/mol. The molecule has 0 aromatic carbocycles. The topological polar surface area (TPSA) is 75.4 Å². The van der Waals surface area contributed by atoms with E-state index in [4.69, 9.17) is 0 Å². The van der Waals surface area contributed by atoms with Gasteiger partial charge in [0.25, 0.3) is 0 Å². The SMILES string of the molecule is CC(O)CC1CCCCN1S(=O)(=O)c1cnn(C)c1. The Bertz CT molecular complexity index is 524. The van der Waals surface area contributed by atoms with Crippen LogP contribution in [0.25, 0.3) is 0 Å². The number of aromatic nitrogens is 2. The van der Waals surface area contributed by atoms with Crippen molar-refractivity contribution in [3.63, 3.8) is 0 Å². The average Bonchev–Trinajstić information content (AvgIpc) is 2.76. The van der Waals surface area contributed by atoms with E-state index in [1.807, 2.05) is 0 Å². The molecule has 0 spiro atoms. The Morgan fingerprint density at radius 3 is 2.84 bits per heavy atom. The summed E-state index contributed by atoms with van der Waals surface area (Å²) in [5.74, 6) is 0. The molecule has 0 radical (unpaired) electrons. The van der Waals surface area contributed by atoms with Crippen LogP contribution >= 0.6 is 0 Å². The van der Waals surface area contributed by atoms with E-state index in [1.54, 1.807) is 14.0 Å². The zero-order valence-electron chi connectivity index (χ0n) is 11.4. The lowest BCUT2D eigenvalue weighted by atomic mass is 10.00. The van der Waals surface area contributed by atoms with Crippen molar-refractivity contribution in [1.29, 1.82) is 0 Å². The maximum Gasteiger partial charge on any atom is 0.246 e. The van der Waals surface area contributed by atoms with Crippen LogP contribution in [-0.4, -0.2) is 46.3 Å². The summed E-state index contributed by atoms with van der Waals surface area (Å²) in [7, 11) is -1.80. The highest BCUT2D eigenvalue weighted by Crippen LogP contribution is 2.27. The van der Waals surface area contributed by atoms with E-state index in [9.17, 15) is 13.5 Å². The van der Waals surface area contributed by atoms with Crippen LogP contribution in [0.15, 0.2) is 17.3 Å². The van der Waals surface area contributed by atoms with E-state index in [-0.39, 0.29) is 10.9 Å². The number of aryl methyl sites for hydroxylation is 1. The fraction of sp³-hybridized carbons (Fsp3) is 0.750. The summed E-state index contributed by atoms with van der Waals surface area (Å²) < 4.78 is 28.2. The first-order valence-electron chi connectivity index (χ1n) is 6.60. The van der Waals surface area contributed by atoms with Crippen LogP contribution in [0.5, 0.6) is 0 Å². The number of hydrogen-bond donors (Lipinski definition) is 1. The van der Waals surface area contributed by atoms with Gasteiger partial charge in [-0.15, -0.1) is 0 Å². The van der Waals surface area contributed by atoms with Gasteiger partial charge in [0.2, 0.25) is 10.0 Å². The minimum Gasteiger partial charge on any atom is -0.393 e. The zero-order valence-corrected chi connectivity index (χ0v) is 12.2. The molecule has 2 atom stereocenters.